The Labute approximate surface area is 167 Å². The van der Waals surface area contributed by atoms with Gasteiger partial charge in [0.05, 0.1) is 0 Å². The van der Waals surface area contributed by atoms with Crippen LogP contribution in [0.15, 0.2) is 9.98 Å². The smallest absolute Gasteiger partial charge is 0.221 e. The number of hydrogen-bond donors (Lipinski definition) is 3. The topological polar surface area (TPSA) is 106 Å². The number of unbranched alkanes of at least 4 members (excludes halogenated alkanes) is 15. The number of nitrogens with two attached hydrogens (primary N) is 3. The zero-order valence-corrected chi connectivity index (χ0v) is 17.7. The lowest BCUT2D eigenvalue weighted by molar-refractivity contribution is 0.308. The molecule has 0 bridgehead atoms. The molecule has 0 saturated carbocycles. The minimum atomic E-state index is -0.487. The molecule has 1 heterocycles. The van der Waals surface area contributed by atoms with Crippen LogP contribution in [0.1, 0.15) is 110 Å². The van der Waals surface area contributed by atoms with Gasteiger partial charge < -0.3 is 16.4 Å². The molecule has 1 atom stereocenters. The predicted molar refractivity (Wildman–Crippen MR) is 117 cm³/mol. The Morgan fingerprint density at radius 1 is 0.704 bits per heavy atom. The Kier molecular flexibility index (Phi) is 13.8. The lowest BCUT2D eigenvalue weighted by Gasteiger charge is -2.29. The molecule has 0 saturated heterocycles. The zero-order chi connectivity index (χ0) is 19.7. The van der Waals surface area contributed by atoms with Crippen molar-refractivity contribution in [1.29, 1.82) is 0 Å². The summed E-state index contributed by atoms with van der Waals surface area (Å²) in [5.41, 5.74) is 17.3. The van der Waals surface area contributed by atoms with Crippen molar-refractivity contribution in [3.63, 3.8) is 0 Å². The van der Waals surface area contributed by atoms with Crippen molar-refractivity contribution in [2.45, 2.75) is 116 Å². The normalized spacial score (nSPS) is 17.1. The van der Waals surface area contributed by atoms with Crippen LogP contribution in [0, 0.1) is 0 Å². The van der Waals surface area contributed by atoms with Gasteiger partial charge in [-0.3, -0.25) is 5.73 Å². The molecule has 6 N–H and O–H groups in total. The van der Waals surface area contributed by atoms with Crippen LogP contribution < -0.4 is 17.2 Å². The second-order valence-electron chi connectivity index (χ2n) is 7.87. The van der Waals surface area contributed by atoms with Gasteiger partial charge in [-0.25, -0.2) is 4.99 Å². The molecule has 6 heteroatoms. The van der Waals surface area contributed by atoms with Crippen molar-refractivity contribution in [3.05, 3.63) is 0 Å². The Hall–Kier alpha value is -1.30. The Morgan fingerprint density at radius 3 is 1.52 bits per heavy atom. The molecule has 0 spiro atoms. The standard InChI is InChI=1S/C21H44N6/c1-2-3-4-5-6-7-8-9-10-11-12-13-14-15-16-17-18-27-20(23)25-19(22)26-21(27)24/h20H,2-18,23H2,1H3,(H4,22,24,25,26). The first-order chi connectivity index (χ1) is 13.1. The maximum atomic E-state index is 5.92. The molecule has 0 amide bonds. The van der Waals surface area contributed by atoms with Gasteiger partial charge in [0.25, 0.3) is 0 Å². The molecule has 0 aromatic rings. The fourth-order valence-corrected chi connectivity index (χ4v) is 3.63. The number of guanidine groups is 2. The molecule has 0 aromatic carbocycles. The Morgan fingerprint density at radius 2 is 1.11 bits per heavy atom. The van der Waals surface area contributed by atoms with Crippen LogP contribution in [-0.2, 0) is 0 Å². The van der Waals surface area contributed by atoms with Crippen LogP contribution in [0.25, 0.3) is 0 Å². The van der Waals surface area contributed by atoms with E-state index in [1.165, 1.54) is 96.3 Å². The van der Waals surface area contributed by atoms with Gasteiger partial charge in [0.2, 0.25) is 11.9 Å². The second kappa shape index (κ2) is 15.7. The molecule has 1 rings (SSSR count). The van der Waals surface area contributed by atoms with Gasteiger partial charge in [-0.1, -0.05) is 103 Å². The number of aliphatic imine (C=N–C) groups is 2. The summed E-state index contributed by atoms with van der Waals surface area (Å²) < 4.78 is 0. The van der Waals surface area contributed by atoms with Gasteiger partial charge in [0.1, 0.15) is 0 Å². The SMILES string of the molecule is CCCCCCCCCCCCCCCCCCN1C(N)=NC(N)=NC1N. The zero-order valence-electron chi connectivity index (χ0n) is 17.7. The number of hydrogen-bond acceptors (Lipinski definition) is 6. The largest absolute Gasteiger partial charge is 0.369 e. The Balaban J connectivity index is 1.81. The third-order valence-corrected chi connectivity index (χ3v) is 5.36. The highest BCUT2D eigenvalue weighted by Crippen LogP contribution is 2.14. The first kappa shape index (κ1) is 23.7. The molecule has 0 aromatic heterocycles. The van der Waals surface area contributed by atoms with Crippen molar-refractivity contribution in [1.82, 2.24) is 4.90 Å². The third-order valence-electron chi connectivity index (χ3n) is 5.36. The van der Waals surface area contributed by atoms with Crippen molar-refractivity contribution < 1.29 is 0 Å². The van der Waals surface area contributed by atoms with Crippen LogP contribution in [0.3, 0.4) is 0 Å². The highest BCUT2D eigenvalue weighted by Gasteiger charge is 2.19. The van der Waals surface area contributed by atoms with E-state index in [9.17, 15) is 0 Å². The number of rotatable bonds is 17. The van der Waals surface area contributed by atoms with E-state index >= 15 is 0 Å². The van der Waals surface area contributed by atoms with Gasteiger partial charge in [0.15, 0.2) is 6.29 Å². The average molecular weight is 381 g/mol. The predicted octanol–water partition coefficient (Wildman–Crippen LogP) is 4.44. The van der Waals surface area contributed by atoms with Crippen LogP contribution in [0.2, 0.25) is 0 Å². The van der Waals surface area contributed by atoms with Crippen molar-refractivity contribution >= 4 is 11.9 Å². The van der Waals surface area contributed by atoms with Crippen LogP contribution in [0.4, 0.5) is 0 Å². The minimum Gasteiger partial charge on any atom is -0.369 e. The fraction of sp³-hybridized carbons (Fsp3) is 0.905. The van der Waals surface area contributed by atoms with Gasteiger partial charge in [-0.2, -0.15) is 4.99 Å². The van der Waals surface area contributed by atoms with Crippen LogP contribution >= 0.6 is 0 Å². The summed E-state index contributed by atoms with van der Waals surface area (Å²) in [4.78, 5) is 9.83. The summed E-state index contributed by atoms with van der Waals surface area (Å²) in [6, 6.07) is 0. The van der Waals surface area contributed by atoms with E-state index in [1.54, 1.807) is 0 Å². The lowest BCUT2D eigenvalue weighted by Crippen LogP contribution is -2.52. The van der Waals surface area contributed by atoms with E-state index in [2.05, 4.69) is 16.9 Å². The molecule has 0 aliphatic carbocycles. The molecular weight excluding hydrogens is 336 g/mol. The van der Waals surface area contributed by atoms with Gasteiger partial charge in [-0.15, -0.1) is 0 Å². The fourth-order valence-electron chi connectivity index (χ4n) is 3.63. The summed E-state index contributed by atoms with van der Waals surface area (Å²) in [5.74, 6) is 0.555. The minimum absolute atomic E-state index is 0.170. The van der Waals surface area contributed by atoms with Crippen LogP contribution in [0.5, 0.6) is 0 Å². The highest BCUT2D eigenvalue weighted by atomic mass is 15.4. The van der Waals surface area contributed by atoms with E-state index < -0.39 is 6.29 Å². The first-order valence-electron chi connectivity index (χ1n) is 11.3. The number of nitrogens with zero attached hydrogens (tertiary/aromatic N) is 3. The molecule has 1 unspecified atom stereocenters. The molecular formula is C21H44N6. The van der Waals surface area contributed by atoms with Gasteiger partial charge >= 0.3 is 0 Å². The van der Waals surface area contributed by atoms with Gasteiger partial charge in [-0.05, 0) is 6.42 Å². The van der Waals surface area contributed by atoms with Crippen molar-refractivity contribution in [2.75, 3.05) is 6.54 Å². The molecule has 6 nitrogen and oxygen atoms in total. The van der Waals surface area contributed by atoms with Crippen LogP contribution in [-0.4, -0.2) is 29.7 Å². The summed E-state index contributed by atoms with van der Waals surface area (Å²) in [7, 11) is 0. The van der Waals surface area contributed by atoms with Crippen molar-refractivity contribution in [2.24, 2.45) is 27.2 Å². The molecule has 27 heavy (non-hydrogen) atoms. The highest BCUT2D eigenvalue weighted by molar-refractivity contribution is 5.95. The maximum absolute atomic E-state index is 5.92. The van der Waals surface area contributed by atoms with E-state index in [1.807, 2.05) is 4.90 Å². The van der Waals surface area contributed by atoms with E-state index in [0.717, 1.165) is 13.0 Å². The second-order valence-corrected chi connectivity index (χ2v) is 7.87. The van der Waals surface area contributed by atoms with E-state index in [4.69, 9.17) is 17.2 Å². The summed E-state index contributed by atoms with van der Waals surface area (Å²) in [5, 5.41) is 0. The molecule has 158 valence electrons. The molecule has 0 fully saturated rings. The molecule has 1 aliphatic rings. The summed E-state index contributed by atoms with van der Waals surface area (Å²) in [6.07, 6.45) is 21.4. The Bertz CT molecular complexity index is 421. The third kappa shape index (κ3) is 11.9. The average Bonchev–Trinajstić information content (AvgIpc) is 2.63. The van der Waals surface area contributed by atoms with Crippen molar-refractivity contribution in [3.8, 4) is 0 Å². The monoisotopic (exact) mass is 380 g/mol. The lowest BCUT2D eigenvalue weighted by atomic mass is 10.0. The van der Waals surface area contributed by atoms with E-state index in [-0.39, 0.29) is 5.96 Å². The summed E-state index contributed by atoms with van der Waals surface area (Å²) >= 11 is 0. The molecule has 0 radical (unpaired) electrons. The molecule has 1 aliphatic heterocycles. The van der Waals surface area contributed by atoms with Gasteiger partial charge in [0, 0.05) is 6.54 Å². The summed E-state index contributed by atoms with van der Waals surface area (Å²) in [6.45, 7) is 3.08. The first-order valence-corrected chi connectivity index (χ1v) is 11.3. The quantitative estimate of drug-likeness (QED) is 0.324. The maximum Gasteiger partial charge on any atom is 0.221 e. The van der Waals surface area contributed by atoms with E-state index in [0.29, 0.717) is 5.96 Å².